The van der Waals surface area contributed by atoms with Crippen molar-refractivity contribution in [1.29, 1.82) is 5.26 Å². The van der Waals surface area contributed by atoms with E-state index >= 15 is 0 Å². The maximum Gasteiger partial charge on any atom is 0.142 e. The molecule has 20 heavy (non-hydrogen) atoms. The Bertz CT molecular complexity index is 865. The highest BCUT2D eigenvalue weighted by Gasteiger charge is 2.14. The third-order valence-corrected chi connectivity index (χ3v) is 3.17. The molecule has 0 aliphatic rings. The van der Waals surface area contributed by atoms with E-state index in [2.05, 4.69) is 9.97 Å². The molecule has 0 spiro atoms. The summed E-state index contributed by atoms with van der Waals surface area (Å²) in [6.07, 6.45) is 0. The number of imidazole rings is 1. The molecule has 3 nitrogen and oxygen atoms in total. The van der Waals surface area contributed by atoms with Gasteiger partial charge in [0.15, 0.2) is 0 Å². The summed E-state index contributed by atoms with van der Waals surface area (Å²) in [5.74, 6) is -1.21. The van der Waals surface area contributed by atoms with Gasteiger partial charge < -0.3 is 4.98 Å². The summed E-state index contributed by atoms with van der Waals surface area (Å²) >= 11 is 5.51. The summed E-state index contributed by atoms with van der Waals surface area (Å²) in [4.78, 5) is 7.04. The molecule has 6 heteroatoms. The first-order valence-electron chi connectivity index (χ1n) is 5.63. The first-order chi connectivity index (χ1) is 9.58. The molecule has 1 heterocycles. The van der Waals surface area contributed by atoms with Gasteiger partial charge in [-0.3, -0.25) is 0 Å². The first-order valence-corrected chi connectivity index (χ1v) is 6.01. The number of nitrogens with zero attached hydrogens (tertiary/aromatic N) is 2. The molecule has 98 valence electrons. The molecule has 2 aromatic carbocycles. The lowest BCUT2D eigenvalue weighted by Crippen LogP contribution is -1.89. The SMILES string of the molecule is N#Cc1ccc2nc(-c3cc(F)c(Cl)cc3F)[nH]c2c1. The molecule has 0 atom stereocenters. The van der Waals surface area contributed by atoms with E-state index in [9.17, 15) is 8.78 Å². The van der Waals surface area contributed by atoms with Gasteiger partial charge in [0.05, 0.1) is 33.3 Å². The summed E-state index contributed by atoms with van der Waals surface area (Å²) < 4.78 is 27.3. The van der Waals surface area contributed by atoms with Gasteiger partial charge in [0.2, 0.25) is 0 Å². The lowest BCUT2D eigenvalue weighted by Gasteiger charge is -2.01. The van der Waals surface area contributed by atoms with Crippen molar-refractivity contribution >= 4 is 22.6 Å². The monoisotopic (exact) mass is 289 g/mol. The van der Waals surface area contributed by atoms with Crippen LogP contribution in [0.15, 0.2) is 30.3 Å². The fraction of sp³-hybridized carbons (Fsp3) is 0. The number of nitriles is 1. The molecule has 0 saturated heterocycles. The molecule has 1 N–H and O–H groups in total. The van der Waals surface area contributed by atoms with Crippen molar-refractivity contribution in [3.05, 3.63) is 52.6 Å². The quantitative estimate of drug-likeness (QED) is 0.688. The van der Waals surface area contributed by atoms with E-state index in [-0.39, 0.29) is 16.4 Å². The van der Waals surface area contributed by atoms with Crippen LogP contribution in [0, 0.1) is 23.0 Å². The van der Waals surface area contributed by atoms with Crippen LogP contribution >= 0.6 is 11.6 Å². The summed E-state index contributed by atoms with van der Waals surface area (Å²) in [6, 6.07) is 8.72. The zero-order valence-corrected chi connectivity index (χ0v) is 10.7. The van der Waals surface area contributed by atoms with E-state index in [0.29, 0.717) is 16.6 Å². The number of nitrogens with one attached hydrogen (secondary N) is 1. The number of benzene rings is 2. The van der Waals surface area contributed by atoms with E-state index in [1.54, 1.807) is 18.2 Å². The van der Waals surface area contributed by atoms with Crippen molar-refractivity contribution in [2.75, 3.05) is 0 Å². The Morgan fingerprint density at radius 1 is 1.15 bits per heavy atom. The molecule has 1 aromatic heterocycles. The summed E-state index contributed by atoms with van der Waals surface area (Å²) in [5.41, 5.74) is 1.58. The van der Waals surface area contributed by atoms with Crippen molar-refractivity contribution in [3.8, 4) is 17.5 Å². The van der Waals surface area contributed by atoms with E-state index < -0.39 is 11.6 Å². The normalized spacial score (nSPS) is 10.7. The predicted molar refractivity (Wildman–Crippen MR) is 71.2 cm³/mol. The highest BCUT2D eigenvalue weighted by Crippen LogP contribution is 2.27. The zero-order chi connectivity index (χ0) is 14.3. The number of hydrogen-bond acceptors (Lipinski definition) is 2. The van der Waals surface area contributed by atoms with Crippen LogP contribution in [0.1, 0.15) is 5.56 Å². The smallest absolute Gasteiger partial charge is 0.142 e. The summed E-state index contributed by atoms with van der Waals surface area (Å²) in [7, 11) is 0. The van der Waals surface area contributed by atoms with Gasteiger partial charge in [-0.2, -0.15) is 5.26 Å². The second-order valence-corrected chi connectivity index (χ2v) is 4.58. The molecule has 0 aliphatic heterocycles. The average Bonchev–Trinajstić information content (AvgIpc) is 2.85. The third kappa shape index (κ3) is 2.00. The summed E-state index contributed by atoms with van der Waals surface area (Å²) in [5, 5.41) is 8.54. The third-order valence-electron chi connectivity index (χ3n) is 2.88. The second-order valence-electron chi connectivity index (χ2n) is 4.18. The van der Waals surface area contributed by atoms with Crippen LogP contribution < -0.4 is 0 Å². The summed E-state index contributed by atoms with van der Waals surface area (Å²) in [6.45, 7) is 0. The van der Waals surface area contributed by atoms with Crippen molar-refractivity contribution < 1.29 is 8.78 Å². The second kappa shape index (κ2) is 4.58. The molecule has 3 aromatic rings. The minimum absolute atomic E-state index is 0.0124. The molecule has 0 bridgehead atoms. The molecule has 0 radical (unpaired) electrons. The standard InChI is InChI=1S/C14H6ClF2N3/c15-9-5-10(16)8(4-11(9)17)14-19-12-2-1-7(6-18)3-13(12)20-14/h1-5H,(H,19,20). The molecular weight excluding hydrogens is 284 g/mol. The minimum Gasteiger partial charge on any atom is -0.338 e. The van der Waals surface area contributed by atoms with Gasteiger partial charge in [0.1, 0.15) is 17.5 Å². The van der Waals surface area contributed by atoms with Gasteiger partial charge in [-0.1, -0.05) is 11.6 Å². The largest absolute Gasteiger partial charge is 0.338 e. The van der Waals surface area contributed by atoms with Crippen LogP contribution in [0.25, 0.3) is 22.4 Å². The number of aromatic nitrogens is 2. The number of fused-ring (bicyclic) bond motifs is 1. The Morgan fingerprint density at radius 3 is 2.70 bits per heavy atom. The van der Waals surface area contributed by atoms with Gasteiger partial charge in [0, 0.05) is 0 Å². The average molecular weight is 290 g/mol. The van der Waals surface area contributed by atoms with Crippen molar-refractivity contribution in [2.45, 2.75) is 0 Å². The molecular formula is C14H6ClF2N3. The van der Waals surface area contributed by atoms with Gasteiger partial charge in [0.25, 0.3) is 0 Å². The predicted octanol–water partition coefficient (Wildman–Crippen LogP) is 4.03. The van der Waals surface area contributed by atoms with E-state index in [1.165, 1.54) is 0 Å². The van der Waals surface area contributed by atoms with E-state index in [0.717, 1.165) is 12.1 Å². The highest BCUT2D eigenvalue weighted by atomic mass is 35.5. The van der Waals surface area contributed by atoms with Gasteiger partial charge in [-0.15, -0.1) is 0 Å². The van der Waals surface area contributed by atoms with Crippen LogP contribution in [-0.2, 0) is 0 Å². The number of H-pyrrole nitrogens is 1. The van der Waals surface area contributed by atoms with Gasteiger partial charge in [-0.25, -0.2) is 13.8 Å². The molecule has 3 rings (SSSR count). The van der Waals surface area contributed by atoms with Crippen LogP contribution in [0.4, 0.5) is 8.78 Å². The Kier molecular flexibility index (Phi) is 2.88. The Labute approximate surface area is 117 Å². The van der Waals surface area contributed by atoms with Crippen molar-refractivity contribution in [2.24, 2.45) is 0 Å². The number of rotatable bonds is 1. The molecule has 0 saturated carbocycles. The first kappa shape index (κ1) is 12.6. The molecule has 0 amide bonds. The van der Waals surface area contributed by atoms with Gasteiger partial charge in [-0.05, 0) is 30.3 Å². The fourth-order valence-corrected chi connectivity index (χ4v) is 2.06. The maximum atomic E-state index is 13.8. The lowest BCUT2D eigenvalue weighted by molar-refractivity contribution is 0.602. The molecule has 0 unspecified atom stereocenters. The number of halogens is 3. The van der Waals surface area contributed by atoms with E-state index in [1.807, 2.05) is 6.07 Å². The molecule has 0 aliphatic carbocycles. The number of hydrogen-bond donors (Lipinski definition) is 1. The Balaban J connectivity index is 2.20. The fourth-order valence-electron chi connectivity index (χ4n) is 1.91. The van der Waals surface area contributed by atoms with Crippen molar-refractivity contribution in [1.82, 2.24) is 9.97 Å². The van der Waals surface area contributed by atoms with Crippen LogP contribution in [0.5, 0.6) is 0 Å². The Morgan fingerprint density at radius 2 is 1.95 bits per heavy atom. The van der Waals surface area contributed by atoms with Crippen LogP contribution in [0.3, 0.4) is 0 Å². The highest BCUT2D eigenvalue weighted by molar-refractivity contribution is 6.30. The van der Waals surface area contributed by atoms with Crippen LogP contribution in [0.2, 0.25) is 5.02 Å². The van der Waals surface area contributed by atoms with Crippen molar-refractivity contribution in [3.63, 3.8) is 0 Å². The zero-order valence-electron chi connectivity index (χ0n) is 9.92. The van der Waals surface area contributed by atoms with E-state index in [4.69, 9.17) is 16.9 Å². The topological polar surface area (TPSA) is 52.5 Å². The Hall–Kier alpha value is -2.45. The van der Waals surface area contributed by atoms with Crippen LogP contribution in [-0.4, -0.2) is 9.97 Å². The maximum absolute atomic E-state index is 13.8. The number of aromatic amines is 1. The minimum atomic E-state index is -0.721. The lowest BCUT2D eigenvalue weighted by atomic mass is 10.2. The molecule has 0 fully saturated rings. The van der Waals surface area contributed by atoms with Gasteiger partial charge >= 0.3 is 0 Å².